The first-order chi connectivity index (χ1) is 8.60. The molecule has 100 valence electrons. The van der Waals surface area contributed by atoms with Crippen LogP contribution in [-0.4, -0.2) is 30.5 Å². The minimum absolute atomic E-state index is 0.221. The van der Waals surface area contributed by atoms with E-state index >= 15 is 0 Å². The molecule has 0 saturated carbocycles. The van der Waals surface area contributed by atoms with Crippen molar-refractivity contribution in [3.05, 3.63) is 35.9 Å². The first kappa shape index (κ1) is 13.5. The maximum absolute atomic E-state index is 10.9. The number of hydrogen-bond acceptors (Lipinski definition) is 3. The van der Waals surface area contributed by atoms with Crippen molar-refractivity contribution in [2.24, 2.45) is 11.1 Å². The van der Waals surface area contributed by atoms with Crippen LogP contribution in [0.15, 0.2) is 30.3 Å². The fourth-order valence-corrected chi connectivity index (χ4v) is 2.91. The van der Waals surface area contributed by atoms with Gasteiger partial charge in [-0.3, -0.25) is 0 Å². The lowest BCUT2D eigenvalue weighted by molar-refractivity contribution is -0.117. The first-order valence-corrected chi connectivity index (χ1v) is 6.64. The summed E-state index contributed by atoms with van der Waals surface area (Å²) in [6, 6.07) is 10.1. The molecule has 1 aromatic rings. The molecule has 0 aliphatic carbocycles. The van der Waals surface area contributed by atoms with Crippen LogP contribution in [0.4, 0.5) is 0 Å². The van der Waals surface area contributed by atoms with Gasteiger partial charge in [0.2, 0.25) is 0 Å². The lowest BCUT2D eigenvalue weighted by Gasteiger charge is -2.47. The standard InChI is InChI=1S/C15H23NO2/c1-14(17,11-13-5-3-2-4-6-13)15(12-16)7-9-18-10-8-15/h2-6,17H,7-12,16H2,1H3. The van der Waals surface area contributed by atoms with Gasteiger partial charge in [-0.25, -0.2) is 0 Å². The first-order valence-electron chi connectivity index (χ1n) is 6.64. The number of aliphatic hydroxyl groups is 1. The molecule has 1 aliphatic heterocycles. The molecule has 3 N–H and O–H groups in total. The summed E-state index contributed by atoms with van der Waals surface area (Å²) >= 11 is 0. The molecule has 1 atom stereocenters. The molecule has 0 aromatic heterocycles. The molecular formula is C15H23NO2. The summed E-state index contributed by atoms with van der Waals surface area (Å²) in [7, 11) is 0. The zero-order valence-electron chi connectivity index (χ0n) is 11.1. The van der Waals surface area contributed by atoms with E-state index in [0.717, 1.165) is 18.4 Å². The summed E-state index contributed by atoms with van der Waals surface area (Å²) in [5, 5.41) is 10.9. The third-order valence-electron chi connectivity index (χ3n) is 4.37. The summed E-state index contributed by atoms with van der Waals surface area (Å²) in [6.45, 7) is 3.82. The molecule has 0 amide bonds. The molecule has 0 spiro atoms. The van der Waals surface area contributed by atoms with Crippen LogP contribution in [-0.2, 0) is 11.2 Å². The molecular weight excluding hydrogens is 226 g/mol. The molecule has 2 rings (SSSR count). The average molecular weight is 249 g/mol. The Morgan fingerprint density at radius 3 is 2.44 bits per heavy atom. The van der Waals surface area contributed by atoms with Gasteiger partial charge in [0, 0.05) is 31.6 Å². The molecule has 1 heterocycles. The summed E-state index contributed by atoms with van der Waals surface area (Å²) in [6.07, 6.45) is 2.32. The predicted octanol–water partition coefficient (Wildman–Crippen LogP) is 1.74. The number of nitrogens with two attached hydrogens (primary N) is 1. The van der Waals surface area contributed by atoms with E-state index in [1.165, 1.54) is 0 Å². The van der Waals surface area contributed by atoms with Crippen molar-refractivity contribution in [1.29, 1.82) is 0 Å². The van der Waals surface area contributed by atoms with Crippen molar-refractivity contribution in [3.8, 4) is 0 Å². The lowest BCUT2D eigenvalue weighted by Crippen LogP contribution is -2.54. The van der Waals surface area contributed by atoms with Crippen molar-refractivity contribution in [1.82, 2.24) is 0 Å². The van der Waals surface area contributed by atoms with E-state index in [0.29, 0.717) is 26.2 Å². The number of rotatable bonds is 4. The van der Waals surface area contributed by atoms with Crippen LogP contribution in [0, 0.1) is 5.41 Å². The van der Waals surface area contributed by atoms with Gasteiger partial charge < -0.3 is 15.6 Å². The number of hydrogen-bond donors (Lipinski definition) is 2. The lowest BCUT2D eigenvalue weighted by atomic mass is 9.65. The maximum Gasteiger partial charge on any atom is 0.0729 e. The number of ether oxygens (including phenoxy) is 1. The molecule has 1 saturated heterocycles. The van der Waals surface area contributed by atoms with Gasteiger partial charge in [0.15, 0.2) is 0 Å². The molecule has 3 heteroatoms. The van der Waals surface area contributed by atoms with Crippen LogP contribution < -0.4 is 5.73 Å². The van der Waals surface area contributed by atoms with Gasteiger partial charge in [0.25, 0.3) is 0 Å². The van der Waals surface area contributed by atoms with Gasteiger partial charge in [-0.2, -0.15) is 0 Å². The van der Waals surface area contributed by atoms with Crippen LogP contribution in [0.5, 0.6) is 0 Å². The van der Waals surface area contributed by atoms with Crippen LogP contribution >= 0.6 is 0 Å². The Bertz CT molecular complexity index is 369. The summed E-state index contributed by atoms with van der Waals surface area (Å²) < 4.78 is 5.41. The second-order valence-electron chi connectivity index (χ2n) is 5.53. The molecule has 1 fully saturated rings. The molecule has 18 heavy (non-hydrogen) atoms. The molecule has 1 unspecified atom stereocenters. The van der Waals surface area contributed by atoms with E-state index in [9.17, 15) is 5.11 Å². The van der Waals surface area contributed by atoms with E-state index in [1.807, 2.05) is 25.1 Å². The highest BCUT2D eigenvalue weighted by Crippen LogP contribution is 2.41. The van der Waals surface area contributed by atoms with Crippen molar-refractivity contribution < 1.29 is 9.84 Å². The zero-order valence-corrected chi connectivity index (χ0v) is 11.1. The largest absolute Gasteiger partial charge is 0.389 e. The smallest absolute Gasteiger partial charge is 0.0729 e. The highest BCUT2D eigenvalue weighted by atomic mass is 16.5. The Morgan fingerprint density at radius 1 is 1.28 bits per heavy atom. The highest BCUT2D eigenvalue weighted by Gasteiger charge is 2.46. The second-order valence-corrected chi connectivity index (χ2v) is 5.53. The van der Waals surface area contributed by atoms with E-state index < -0.39 is 5.60 Å². The molecule has 0 bridgehead atoms. The van der Waals surface area contributed by atoms with Crippen LogP contribution in [0.3, 0.4) is 0 Å². The molecule has 3 nitrogen and oxygen atoms in total. The van der Waals surface area contributed by atoms with Gasteiger partial charge in [-0.05, 0) is 25.3 Å². The molecule has 1 aromatic carbocycles. The van der Waals surface area contributed by atoms with Gasteiger partial charge >= 0.3 is 0 Å². The highest BCUT2D eigenvalue weighted by molar-refractivity contribution is 5.18. The van der Waals surface area contributed by atoms with E-state index in [1.54, 1.807) is 0 Å². The fourth-order valence-electron chi connectivity index (χ4n) is 2.91. The summed E-state index contributed by atoms with van der Waals surface area (Å²) in [5.41, 5.74) is 6.11. The Labute approximate surface area is 109 Å². The third-order valence-corrected chi connectivity index (χ3v) is 4.37. The maximum atomic E-state index is 10.9. The van der Waals surface area contributed by atoms with Crippen LogP contribution in [0.25, 0.3) is 0 Å². The van der Waals surface area contributed by atoms with Crippen molar-refractivity contribution in [2.75, 3.05) is 19.8 Å². The van der Waals surface area contributed by atoms with Crippen molar-refractivity contribution >= 4 is 0 Å². The van der Waals surface area contributed by atoms with Crippen molar-refractivity contribution in [3.63, 3.8) is 0 Å². The quantitative estimate of drug-likeness (QED) is 0.854. The predicted molar refractivity (Wildman–Crippen MR) is 72.3 cm³/mol. The van der Waals surface area contributed by atoms with Gasteiger partial charge in [-0.1, -0.05) is 30.3 Å². The Kier molecular flexibility index (Phi) is 4.05. The van der Waals surface area contributed by atoms with E-state index in [4.69, 9.17) is 10.5 Å². The Balaban J connectivity index is 2.17. The Morgan fingerprint density at radius 2 is 1.89 bits per heavy atom. The van der Waals surface area contributed by atoms with Crippen molar-refractivity contribution in [2.45, 2.75) is 31.8 Å². The molecule has 1 aliphatic rings. The zero-order chi connectivity index (χ0) is 13.1. The average Bonchev–Trinajstić information content (AvgIpc) is 2.40. The van der Waals surface area contributed by atoms with Crippen LogP contribution in [0.1, 0.15) is 25.3 Å². The third kappa shape index (κ3) is 2.58. The SMILES string of the molecule is CC(O)(Cc1ccccc1)C1(CN)CCOCC1. The monoisotopic (exact) mass is 249 g/mol. The molecule has 0 radical (unpaired) electrons. The summed E-state index contributed by atoms with van der Waals surface area (Å²) in [4.78, 5) is 0. The minimum Gasteiger partial charge on any atom is -0.389 e. The summed E-state index contributed by atoms with van der Waals surface area (Å²) in [5.74, 6) is 0. The van der Waals surface area contributed by atoms with E-state index in [2.05, 4.69) is 12.1 Å². The van der Waals surface area contributed by atoms with Gasteiger partial charge in [-0.15, -0.1) is 0 Å². The van der Waals surface area contributed by atoms with E-state index in [-0.39, 0.29) is 5.41 Å². The Hall–Kier alpha value is -0.900. The van der Waals surface area contributed by atoms with Gasteiger partial charge in [0.05, 0.1) is 5.60 Å². The van der Waals surface area contributed by atoms with Crippen LogP contribution in [0.2, 0.25) is 0 Å². The van der Waals surface area contributed by atoms with Gasteiger partial charge in [0.1, 0.15) is 0 Å². The second kappa shape index (κ2) is 5.39. The topological polar surface area (TPSA) is 55.5 Å². The normalized spacial score (nSPS) is 22.4. The number of benzene rings is 1. The fraction of sp³-hybridized carbons (Fsp3) is 0.600. The minimum atomic E-state index is -0.785.